The zero-order chi connectivity index (χ0) is 23.3. The van der Waals surface area contributed by atoms with Crippen molar-refractivity contribution in [3.8, 4) is 11.5 Å². The fourth-order valence-corrected chi connectivity index (χ4v) is 4.20. The number of nitrogens with one attached hydrogen (secondary N) is 1. The van der Waals surface area contributed by atoms with Crippen LogP contribution in [0.3, 0.4) is 0 Å². The quantitative estimate of drug-likeness (QED) is 0.266. The van der Waals surface area contributed by atoms with Crippen LogP contribution >= 0.6 is 24.0 Å². The molecule has 0 aromatic heterocycles. The number of benzene rings is 2. The zero-order valence-corrected chi connectivity index (χ0v) is 18.8. The predicted molar refractivity (Wildman–Crippen MR) is 126 cm³/mol. The van der Waals surface area contributed by atoms with E-state index in [-0.39, 0.29) is 30.5 Å². The summed E-state index contributed by atoms with van der Waals surface area (Å²) in [5.41, 5.74) is 1.11. The van der Waals surface area contributed by atoms with Gasteiger partial charge in [-0.2, -0.15) is 0 Å². The van der Waals surface area contributed by atoms with Crippen molar-refractivity contribution in [3.63, 3.8) is 0 Å². The van der Waals surface area contributed by atoms with Crippen molar-refractivity contribution in [3.05, 3.63) is 63.0 Å². The average molecular weight is 474 g/mol. The molecule has 2 amide bonds. The molecule has 0 aliphatic carbocycles. The highest BCUT2D eigenvalue weighted by Gasteiger charge is 2.32. The Balaban J connectivity index is 1.61. The van der Waals surface area contributed by atoms with Gasteiger partial charge in [0, 0.05) is 30.8 Å². The predicted octanol–water partition coefficient (Wildman–Crippen LogP) is 3.84. The fraction of sp³-hybridized carbons (Fsp3) is 0.190. The maximum Gasteiger partial charge on any atom is 0.269 e. The highest BCUT2D eigenvalue weighted by molar-refractivity contribution is 8.26. The van der Waals surface area contributed by atoms with Crippen molar-refractivity contribution < 1.29 is 24.0 Å². The standard InChI is InChI=1S/C21H19N3O6S2/c1-29-16-8-3-13(11-17(16)30-2)12-18-20(26)23(21(31)32-18)10-9-19(25)22-14-4-6-15(7-5-14)24(27)28/h3-8,11-12H,9-10H2,1-2H3,(H,22,25)/b18-12-. The molecule has 166 valence electrons. The minimum atomic E-state index is -0.518. The van der Waals surface area contributed by atoms with Gasteiger partial charge in [0.05, 0.1) is 24.0 Å². The Bertz CT molecular complexity index is 1100. The monoisotopic (exact) mass is 473 g/mol. The number of amides is 2. The fourth-order valence-electron chi connectivity index (χ4n) is 2.89. The average Bonchev–Trinajstić information content (AvgIpc) is 3.04. The summed E-state index contributed by atoms with van der Waals surface area (Å²) in [5.74, 6) is 0.505. The Hall–Kier alpha value is -3.44. The number of methoxy groups -OCH3 is 2. The molecule has 1 N–H and O–H groups in total. The smallest absolute Gasteiger partial charge is 0.269 e. The van der Waals surface area contributed by atoms with E-state index in [4.69, 9.17) is 21.7 Å². The van der Waals surface area contributed by atoms with E-state index in [1.807, 2.05) is 0 Å². The molecule has 2 aromatic rings. The molecule has 0 saturated carbocycles. The number of thiocarbonyl (C=S) groups is 1. The molecule has 0 unspecified atom stereocenters. The van der Waals surface area contributed by atoms with Gasteiger partial charge < -0.3 is 14.8 Å². The van der Waals surface area contributed by atoms with E-state index in [1.54, 1.807) is 31.4 Å². The molecule has 1 heterocycles. The molecule has 1 aliphatic rings. The van der Waals surface area contributed by atoms with Crippen LogP contribution in [-0.2, 0) is 9.59 Å². The zero-order valence-electron chi connectivity index (χ0n) is 17.2. The maximum atomic E-state index is 12.8. The summed E-state index contributed by atoms with van der Waals surface area (Å²) >= 11 is 6.47. The molecule has 2 aromatic carbocycles. The SMILES string of the molecule is COc1ccc(/C=C2\SC(=S)N(CCC(=O)Nc3ccc([N+](=O)[O-])cc3)C2=O)cc1OC. The Morgan fingerprint density at radius 3 is 2.50 bits per heavy atom. The Morgan fingerprint density at radius 1 is 1.19 bits per heavy atom. The molecule has 9 nitrogen and oxygen atoms in total. The number of nitro benzene ring substituents is 1. The summed E-state index contributed by atoms with van der Waals surface area (Å²) < 4.78 is 10.9. The van der Waals surface area contributed by atoms with E-state index in [0.717, 1.165) is 17.3 Å². The first-order valence-electron chi connectivity index (χ1n) is 9.34. The molecule has 0 spiro atoms. The summed E-state index contributed by atoms with van der Waals surface area (Å²) in [6.07, 6.45) is 1.73. The second kappa shape index (κ2) is 10.2. The van der Waals surface area contributed by atoms with Crippen LogP contribution in [0.25, 0.3) is 6.08 Å². The molecule has 0 radical (unpaired) electrons. The van der Waals surface area contributed by atoms with Crippen LogP contribution < -0.4 is 14.8 Å². The normalized spacial score (nSPS) is 14.6. The van der Waals surface area contributed by atoms with Crippen LogP contribution in [0, 0.1) is 10.1 Å². The third-order valence-corrected chi connectivity index (χ3v) is 5.88. The van der Waals surface area contributed by atoms with E-state index in [9.17, 15) is 19.7 Å². The first kappa shape index (κ1) is 23.2. The number of nitro groups is 1. The summed E-state index contributed by atoms with van der Waals surface area (Å²) in [4.78, 5) is 37.0. The number of thioether (sulfide) groups is 1. The molecule has 3 rings (SSSR count). The van der Waals surface area contributed by atoms with Crippen molar-refractivity contribution in [1.29, 1.82) is 0 Å². The molecular formula is C21H19N3O6S2. The number of ether oxygens (including phenoxy) is 2. The summed E-state index contributed by atoms with van der Waals surface area (Å²) in [6, 6.07) is 10.8. The topological polar surface area (TPSA) is 111 Å². The molecule has 0 bridgehead atoms. The van der Waals surface area contributed by atoms with Gasteiger partial charge in [-0.15, -0.1) is 0 Å². The van der Waals surface area contributed by atoms with Crippen molar-refractivity contribution in [2.24, 2.45) is 0 Å². The van der Waals surface area contributed by atoms with Gasteiger partial charge in [0.25, 0.3) is 11.6 Å². The Kier molecular flexibility index (Phi) is 7.44. The van der Waals surface area contributed by atoms with Gasteiger partial charge in [0.1, 0.15) is 4.32 Å². The number of hydrogen-bond donors (Lipinski definition) is 1. The van der Waals surface area contributed by atoms with Crippen LogP contribution in [0.15, 0.2) is 47.4 Å². The first-order chi connectivity index (χ1) is 15.3. The minimum Gasteiger partial charge on any atom is -0.493 e. The molecule has 1 fully saturated rings. The highest BCUT2D eigenvalue weighted by atomic mass is 32.2. The second-order valence-corrected chi connectivity index (χ2v) is 8.23. The number of non-ortho nitro benzene ring substituents is 1. The highest BCUT2D eigenvalue weighted by Crippen LogP contribution is 2.34. The van der Waals surface area contributed by atoms with Gasteiger partial charge >= 0.3 is 0 Å². The summed E-state index contributed by atoms with van der Waals surface area (Å²) in [5, 5.41) is 13.3. The van der Waals surface area contributed by atoms with E-state index in [0.29, 0.717) is 26.4 Å². The molecule has 11 heteroatoms. The Labute approximate surface area is 193 Å². The number of nitrogens with zero attached hydrogens (tertiary/aromatic N) is 2. The van der Waals surface area contributed by atoms with E-state index < -0.39 is 4.92 Å². The molecule has 0 atom stereocenters. The Morgan fingerprint density at radius 2 is 1.88 bits per heavy atom. The lowest BCUT2D eigenvalue weighted by Crippen LogP contribution is -2.31. The number of hydrogen-bond acceptors (Lipinski definition) is 8. The lowest BCUT2D eigenvalue weighted by atomic mass is 10.2. The van der Waals surface area contributed by atoms with Crippen LogP contribution in [0.4, 0.5) is 11.4 Å². The summed E-state index contributed by atoms with van der Waals surface area (Å²) in [7, 11) is 3.07. The minimum absolute atomic E-state index is 0.0209. The van der Waals surface area contributed by atoms with Gasteiger partial charge in [0.15, 0.2) is 11.5 Å². The van der Waals surface area contributed by atoms with Crippen LogP contribution in [0.1, 0.15) is 12.0 Å². The van der Waals surface area contributed by atoms with Crippen molar-refractivity contribution in [2.75, 3.05) is 26.1 Å². The van der Waals surface area contributed by atoms with Gasteiger partial charge in [-0.1, -0.05) is 30.0 Å². The first-order valence-corrected chi connectivity index (χ1v) is 10.6. The number of anilines is 1. The molecule has 1 saturated heterocycles. The van der Waals surface area contributed by atoms with Crippen LogP contribution in [0.2, 0.25) is 0 Å². The largest absolute Gasteiger partial charge is 0.493 e. The van der Waals surface area contributed by atoms with E-state index in [1.165, 1.54) is 36.3 Å². The van der Waals surface area contributed by atoms with Crippen molar-refractivity contribution >= 4 is 57.6 Å². The number of rotatable bonds is 8. The molecule has 1 aliphatic heterocycles. The van der Waals surface area contributed by atoms with Gasteiger partial charge in [-0.05, 0) is 35.9 Å². The van der Waals surface area contributed by atoms with Crippen molar-refractivity contribution in [1.82, 2.24) is 4.90 Å². The van der Waals surface area contributed by atoms with Crippen LogP contribution in [0.5, 0.6) is 11.5 Å². The van der Waals surface area contributed by atoms with Gasteiger partial charge in [0.2, 0.25) is 5.91 Å². The number of carbonyl (C=O) groups excluding carboxylic acids is 2. The third-order valence-electron chi connectivity index (χ3n) is 4.50. The lowest BCUT2D eigenvalue weighted by molar-refractivity contribution is -0.384. The molecular weight excluding hydrogens is 454 g/mol. The van der Waals surface area contributed by atoms with Crippen LogP contribution in [-0.4, -0.2) is 46.7 Å². The molecule has 32 heavy (non-hydrogen) atoms. The van der Waals surface area contributed by atoms with Gasteiger partial charge in [-0.25, -0.2) is 0 Å². The second-order valence-electron chi connectivity index (χ2n) is 6.55. The number of carbonyl (C=O) groups is 2. The summed E-state index contributed by atoms with van der Waals surface area (Å²) in [6.45, 7) is 0.118. The van der Waals surface area contributed by atoms with Crippen molar-refractivity contribution in [2.45, 2.75) is 6.42 Å². The third kappa shape index (κ3) is 5.42. The lowest BCUT2D eigenvalue weighted by Gasteiger charge is -2.14. The van der Waals surface area contributed by atoms with E-state index >= 15 is 0 Å². The van der Waals surface area contributed by atoms with E-state index in [2.05, 4.69) is 5.32 Å². The maximum absolute atomic E-state index is 12.8. The van der Waals surface area contributed by atoms with Gasteiger partial charge in [-0.3, -0.25) is 24.6 Å².